The Balaban J connectivity index is 1.29. The van der Waals surface area contributed by atoms with E-state index in [4.69, 9.17) is 14.1 Å². The maximum Gasteiger partial charge on any atom is 0.149 e. The molecule has 0 spiro atoms. The first-order valence-electron chi connectivity index (χ1n) is 22.8. The summed E-state index contributed by atoms with van der Waals surface area (Å²) in [5.74, 6) is 0.275. The second-order valence-corrected chi connectivity index (χ2v) is 17.4. The molecular formula is C56H49N3O. The number of fused-ring (bicyclic) bond motifs is 1. The molecule has 0 aliphatic heterocycles. The molecule has 0 aliphatic rings. The van der Waals surface area contributed by atoms with E-state index in [1.54, 1.807) is 4.57 Å². The van der Waals surface area contributed by atoms with Gasteiger partial charge in [0.2, 0.25) is 0 Å². The summed E-state index contributed by atoms with van der Waals surface area (Å²) in [4.78, 5) is 10.2. The number of aromatic nitrogens is 3. The van der Waals surface area contributed by atoms with Crippen LogP contribution in [0.2, 0.25) is 0 Å². The Morgan fingerprint density at radius 2 is 1.12 bits per heavy atom. The number of hydrogen-bond donors (Lipinski definition) is 1. The van der Waals surface area contributed by atoms with Crippen LogP contribution >= 0.6 is 0 Å². The Kier molecular flexibility index (Phi) is 8.37. The monoisotopic (exact) mass is 784 g/mol. The largest absolute Gasteiger partial charge is 0.507 e. The molecule has 0 amide bonds. The first kappa shape index (κ1) is 32.9. The van der Waals surface area contributed by atoms with Gasteiger partial charge in [-0.3, -0.25) is 9.55 Å². The van der Waals surface area contributed by atoms with Crippen LogP contribution in [0, 0.1) is 0 Å². The standard InChI is InChI=1S/C56H49N3O/c1-55(2,3)45-35-48(53(60)49(36-45)56(4,5)6)54-58-52-47(23-16-24-51(52)59(54)46-21-14-9-15-22-46)43-31-42(38-19-12-8-13-20-38)32-44(33-43)50-34-41(29-30-57-50)40-27-25-39(26-28-40)37-17-10-7-11-18-37/h7-36,60H,1-6H3/i9D,14D,15D,21D,22D. The van der Waals surface area contributed by atoms with Gasteiger partial charge in [0.1, 0.15) is 11.6 Å². The van der Waals surface area contributed by atoms with Crippen LogP contribution in [0.4, 0.5) is 0 Å². The average Bonchev–Trinajstić information content (AvgIpc) is 3.69. The number of imidazole rings is 1. The molecule has 0 saturated carbocycles. The van der Waals surface area contributed by atoms with Gasteiger partial charge in [-0.05, 0) is 110 Å². The third kappa shape index (κ3) is 7.42. The van der Waals surface area contributed by atoms with Gasteiger partial charge < -0.3 is 5.11 Å². The Hall–Kier alpha value is -7.04. The number of rotatable bonds is 7. The molecule has 0 unspecified atom stereocenters. The number of phenolic OH excluding ortho intramolecular Hbond substituents is 1. The number of pyridine rings is 1. The summed E-state index contributed by atoms with van der Waals surface area (Å²) >= 11 is 0. The number of benzene rings is 7. The Labute approximate surface area is 360 Å². The molecule has 7 aromatic carbocycles. The van der Waals surface area contributed by atoms with Gasteiger partial charge in [-0.2, -0.15) is 0 Å². The molecule has 1 N–H and O–H groups in total. The van der Waals surface area contributed by atoms with Gasteiger partial charge in [-0.25, -0.2) is 4.98 Å². The number of hydrogen-bond acceptors (Lipinski definition) is 3. The fraction of sp³-hybridized carbons (Fsp3) is 0.143. The van der Waals surface area contributed by atoms with Crippen LogP contribution in [0.25, 0.3) is 83.9 Å². The van der Waals surface area contributed by atoms with Crippen LogP contribution in [-0.2, 0) is 10.8 Å². The van der Waals surface area contributed by atoms with Crippen molar-refractivity contribution in [2.24, 2.45) is 0 Å². The quantitative estimate of drug-likeness (QED) is 0.175. The third-order valence-electron chi connectivity index (χ3n) is 11.2. The van der Waals surface area contributed by atoms with Gasteiger partial charge >= 0.3 is 0 Å². The second kappa shape index (κ2) is 15.3. The van der Waals surface area contributed by atoms with E-state index >= 15 is 0 Å². The zero-order valence-corrected chi connectivity index (χ0v) is 34.7. The molecule has 0 fully saturated rings. The summed E-state index contributed by atoms with van der Waals surface area (Å²) in [5, 5.41) is 12.3. The summed E-state index contributed by atoms with van der Waals surface area (Å²) in [7, 11) is 0. The zero-order chi connectivity index (χ0) is 45.9. The lowest BCUT2D eigenvalue weighted by molar-refractivity contribution is 0.446. The molecule has 0 atom stereocenters. The number of aromatic hydroxyl groups is 1. The third-order valence-corrected chi connectivity index (χ3v) is 11.2. The molecule has 2 heterocycles. The SMILES string of the molecule is [2H]c1c([2H])c([2H])c(-n2c(-c3cc(C(C)(C)C)cc(C(C)(C)C)c3O)nc3c(-c4cc(-c5ccccc5)cc(-c5cc(-c6ccc(-c7ccccc7)cc6)ccn5)c4)cccc32)c([2H])c1[2H]. The molecular weight excluding hydrogens is 731 g/mol. The molecule has 60 heavy (non-hydrogen) atoms. The summed E-state index contributed by atoms with van der Waals surface area (Å²) in [5.41, 5.74) is 11.9. The van der Waals surface area contributed by atoms with Crippen LogP contribution < -0.4 is 0 Å². The van der Waals surface area contributed by atoms with Gasteiger partial charge in [0, 0.05) is 28.6 Å². The van der Waals surface area contributed by atoms with Crippen molar-refractivity contribution in [2.45, 2.75) is 52.4 Å². The number of para-hydroxylation sites is 2. The molecule has 9 aromatic rings. The van der Waals surface area contributed by atoms with E-state index in [1.165, 1.54) is 0 Å². The van der Waals surface area contributed by atoms with E-state index in [2.05, 4.69) is 93.6 Å². The molecule has 0 saturated heterocycles. The second-order valence-electron chi connectivity index (χ2n) is 17.4. The minimum atomic E-state index is -0.491. The van der Waals surface area contributed by atoms with Crippen molar-refractivity contribution >= 4 is 11.0 Å². The summed E-state index contributed by atoms with van der Waals surface area (Å²) < 4.78 is 45.8. The van der Waals surface area contributed by atoms with Crippen molar-refractivity contribution in [3.63, 3.8) is 0 Å². The highest BCUT2D eigenvalue weighted by atomic mass is 16.3. The lowest BCUT2D eigenvalue weighted by atomic mass is 9.79. The molecule has 0 radical (unpaired) electrons. The van der Waals surface area contributed by atoms with Crippen molar-refractivity contribution < 1.29 is 12.0 Å². The summed E-state index contributed by atoms with van der Waals surface area (Å²) in [6, 6.07) is 47.0. The summed E-state index contributed by atoms with van der Waals surface area (Å²) in [6.45, 7) is 12.4. The van der Waals surface area contributed by atoms with Gasteiger partial charge in [-0.15, -0.1) is 0 Å². The van der Waals surface area contributed by atoms with Crippen molar-refractivity contribution in [3.05, 3.63) is 193 Å². The molecule has 2 aromatic heterocycles. The van der Waals surface area contributed by atoms with Crippen LogP contribution in [0.15, 0.2) is 182 Å². The molecule has 0 aliphatic carbocycles. The van der Waals surface area contributed by atoms with Gasteiger partial charge in [0.15, 0.2) is 0 Å². The topological polar surface area (TPSA) is 50.9 Å². The van der Waals surface area contributed by atoms with Crippen LogP contribution in [0.5, 0.6) is 5.75 Å². The number of phenols is 1. The van der Waals surface area contributed by atoms with Crippen LogP contribution in [0.1, 0.15) is 59.5 Å². The van der Waals surface area contributed by atoms with Crippen molar-refractivity contribution in [1.29, 1.82) is 0 Å². The lowest BCUT2D eigenvalue weighted by Gasteiger charge is -2.27. The highest BCUT2D eigenvalue weighted by Crippen LogP contribution is 2.45. The zero-order valence-electron chi connectivity index (χ0n) is 39.7. The maximum atomic E-state index is 12.3. The molecule has 9 rings (SSSR count). The molecule has 4 nitrogen and oxygen atoms in total. The average molecular weight is 785 g/mol. The van der Waals surface area contributed by atoms with Gasteiger partial charge in [0.05, 0.1) is 29.1 Å². The van der Waals surface area contributed by atoms with Crippen molar-refractivity contribution in [3.8, 4) is 78.6 Å². The highest BCUT2D eigenvalue weighted by molar-refractivity contribution is 5.98. The maximum absolute atomic E-state index is 12.3. The Bertz CT molecular complexity index is 3250. The lowest BCUT2D eigenvalue weighted by Crippen LogP contribution is -2.17. The Morgan fingerprint density at radius 3 is 1.77 bits per heavy atom. The predicted octanol–water partition coefficient (Wildman–Crippen LogP) is 14.7. The minimum absolute atomic E-state index is 0.0185. The van der Waals surface area contributed by atoms with E-state index in [0.717, 1.165) is 61.3 Å². The summed E-state index contributed by atoms with van der Waals surface area (Å²) in [6.07, 6.45) is 1.84. The van der Waals surface area contributed by atoms with Crippen LogP contribution in [-0.4, -0.2) is 19.6 Å². The number of nitrogens with zero attached hydrogens (tertiary/aromatic N) is 3. The van der Waals surface area contributed by atoms with Crippen molar-refractivity contribution in [1.82, 2.24) is 14.5 Å². The van der Waals surface area contributed by atoms with Gasteiger partial charge in [-0.1, -0.05) is 163 Å². The van der Waals surface area contributed by atoms with Gasteiger partial charge in [0.25, 0.3) is 0 Å². The van der Waals surface area contributed by atoms with Crippen LogP contribution in [0.3, 0.4) is 0 Å². The van der Waals surface area contributed by atoms with E-state index in [9.17, 15) is 7.85 Å². The predicted molar refractivity (Wildman–Crippen MR) is 251 cm³/mol. The molecule has 4 heteroatoms. The van der Waals surface area contributed by atoms with E-state index in [-0.39, 0.29) is 34.8 Å². The first-order chi connectivity index (χ1) is 31.0. The molecule has 0 bridgehead atoms. The smallest absolute Gasteiger partial charge is 0.149 e. The molecule has 294 valence electrons. The normalized spacial score (nSPS) is 13.1. The fourth-order valence-corrected chi connectivity index (χ4v) is 7.89. The Morgan fingerprint density at radius 1 is 0.517 bits per heavy atom. The first-order valence-corrected chi connectivity index (χ1v) is 20.3. The van der Waals surface area contributed by atoms with E-state index in [0.29, 0.717) is 22.2 Å². The van der Waals surface area contributed by atoms with E-state index in [1.807, 2.05) is 99.8 Å². The van der Waals surface area contributed by atoms with Crippen molar-refractivity contribution in [2.75, 3.05) is 0 Å². The highest BCUT2D eigenvalue weighted by Gasteiger charge is 2.28. The van der Waals surface area contributed by atoms with E-state index < -0.39 is 23.5 Å². The fourth-order valence-electron chi connectivity index (χ4n) is 7.89. The minimum Gasteiger partial charge on any atom is -0.507 e.